The lowest BCUT2D eigenvalue weighted by atomic mass is 10.2. The van der Waals surface area contributed by atoms with Crippen molar-refractivity contribution in [1.82, 2.24) is 9.55 Å². The number of nitrogens with zero attached hydrogens (tertiary/aromatic N) is 2. The topological polar surface area (TPSA) is 64.3 Å². The molecule has 90 valence electrons. The smallest absolute Gasteiger partial charge is 0.325 e. The van der Waals surface area contributed by atoms with Gasteiger partial charge in [0, 0.05) is 23.3 Å². The van der Waals surface area contributed by atoms with Crippen LogP contribution in [0.1, 0.15) is 12.5 Å². The van der Waals surface area contributed by atoms with Crippen LogP contribution in [0.25, 0.3) is 11.0 Å². The summed E-state index contributed by atoms with van der Waals surface area (Å²) in [6, 6.07) is 3.67. The zero-order chi connectivity index (χ0) is 12.3. The average Bonchev–Trinajstić information content (AvgIpc) is 2.68. The van der Waals surface area contributed by atoms with E-state index >= 15 is 0 Å². The van der Waals surface area contributed by atoms with E-state index < -0.39 is 0 Å². The van der Waals surface area contributed by atoms with E-state index in [0.29, 0.717) is 12.3 Å². The Morgan fingerprint density at radius 1 is 1.59 bits per heavy atom. The minimum Gasteiger partial charge on any atom is -0.465 e. The number of pyridine rings is 1. The lowest BCUT2D eigenvalue weighted by Crippen LogP contribution is -2.12. The molecule has 0 aliphatic rings. The quantitative estimate of drug-likeness (QED) is 0.804. The fourth-order valence-electron chi connectivity index (χ4n) is 1.79. The molecule has 2 rings (SSSR count). The fourth-order valence-corrected chi connectivity index (χ4v) is 1.79. The van der Waals surface area contributed by atoms with Gasteiger partial charge in [0.25, 0.3) is 0 Å². The Morgan fingerprint density at radius 3 is 3.12 bits per heavy atom. The molecule has 5 heteroatoms. The van der Waals surface area contributed by atoms with Gasteiger partial charge in [-0.05, 0) is 19.1 Å². The van der Waals surface area contributed by atoms with Crippen molar-refractivity contribution < 1.29 is 14.6 Å². The number of carbonyl (C=O) groups is 1. The monoisotopic (exact) mass is 234 g/mol. The highest BCUT2D eigenvalue weighted by atomic mass is 16.5. The standard InChI is InChI=1S/C12H14N2O3/c1-2-17-11(16)7-14-6-9(8-15)10-4-3-5-13-12(10)14/h3-6,15H,2,7-8H2,1H3. The predicted octanol–water partition coefficient (Wildman–Crippen LogP) is 1.09. The van der Waals surface area contributed by atoms with Crippen molar-refractivity contribution in [3.63, 3.8) is 0 Å². The molecule has 17 heavy (non-hydrogen) atoms. The van der Waals surface area contributed by atoms with E-state index in [9.17, 15) is 9.90 Å². The summed E-state index contributed by atoms with van der Waals surface area (Å²) in [4.78, 5) is 15.6. The van der Waals surface area contributed by atoms with Crippen LogP contribution < -0.4 is 0 Å². The highest BCUT2D eigenvalue weighted by Crippen LogP contribution is 2.19. The minimum absolute atomic E-state index is 0.0714. The van der Waals surface area contributed by atoms with E-state index in [2.05, 4.69) is 4.98 Å². The lowest BCUT2D eigenvalue weighted by Gasteiger charge is -2.03. The van der Waals surface area contributed by atoms with Gasteiger partial charge in [0.05, 0.1) is 13.2 Å². The number of aliphatic hydroxyl groups excluding tert-OH is 1. The van der Waals surface area contributed by atoms with Crippen LogP contribution in [0.4, 0.5) is 0 Å². The normalized spacial score (nSPS) is 10.7. The van der Waals surface area contributed by atoms with Crippen molar-refractivity contribution in [3.8, 4) is 0 Å². The second kappa shape index (κ2) is 4.97. The third-order valence-corrected chi connectivity index (χ3v) is 2.49. The van der Waals surface area contributed by atoms with Crippen molar-refractivity contribution in [2.45, 2.75) is 20.1 Å². The first kappa shape index (κ1) is 11.6. The van der Waals surface area contributed by atoms with Crippen molar-refractivity contribution >= 4 is 17.0 Å². The average molecular weight is 234 g/mol. The minimum atomic E-state index is -0.306. The number of rotatable bonds is 4. The van der Waals surface area contributed by atoms with Gasteiger partial charge in [-0.2, -0.15) is 0 Å². The number of aromatic nitrogens is 2. The maximum Gasteiger partial charge on any atom is 0.325 e. The Hall–Kier alpha value is -1.88. The van der Waals surface area contributed by atoms with Crippen molar-refractivity contribution in [1.29, 1.82) is 0 Å². The van der Waals surface area contributed by atoms with Gasteiger partial charge in [-0.3, -0.25) is 4.79 Å². The summed E-state index contributed by atoms with van der Waals surface area (Å²) in [5.74, 6) is -0.306. The van der Waals surface area contributed by atoms with Crippen LogP contribution in [0.3, 0.4) is 0 Å². The molecule has 0 atom stereocenters. The van der Waals surface area contributed by atoms with Crippen LogP contribution in [-0.2, 0) is 22.7 Å². The van der Waals surface area contributed by atoms with Crippen LogP contribution in [0, 0.1) is 0 Å². The highest BCUT2D eigenvalue weighted by molar-refractivity contribution is 5.82. The molecule has 0 aliphatic carbocycles. The lowest BCUT2D eigenvalue weighted by molar-refractivity contribution is -0.143. The molecule has 2 aromatic heterocycles. The summed E-state index contributed by atoms with van der Waals surface area (Å²) >= 11 is 0. The number of hydrogen-bond donors (Lipinski definition) is 1. The second-order valence-electron chi connectivity index (χ2n) is 3.62. The van der Waals surface area contributed by atoms with Crippen molar-refractivity contribution in [2.24, 2.45) is 0 Å². The molecule has 0 bridgehead atoms. The molecule has 0 spiro atoms. The number of hydrogen-bond acceptors (Lipinski definition) is 4. The third kappa shape index (κ3) is 2.29. The largest absolute Gasteiger partial charge is 0.465 e. The Morgan fingerprint density at radius 2 is 2.41 bits per heavy atom. The van der Waals surface area contributed by atoms with Gasteiger partial charge in [0.15, 0.2) is 0 Å². The summed E-state index contributed by atoms with van der Waals surface area (Å²) in [5, 5.41) is 10.1. The molecule has 0 fully saturated rings. The molecule has 2 heterocycles. The fraction of sp³-hybridized carbons (Fsp3) is 0.333. The van der Waals surface area contributed by atoms with Gasteiger partial charge < -0.3 is 14.4 Å². The molecule has 0 aromatic carbocycles. The molecule has 0 aliphatic heterocycles. The molecule has 0 saturated carbocycles. The van der Waals surface area contributed by atoms with Gasteiger partial charge in [-0.15, -0.1) is 0 Å². The second-order valence-corrected chi connectivity index (χ2v) is 3.62. The number of ether oxygens (including phenoxy) is 1. The zero-order valence-corrected chi connectivity index (χ0v) is 9.59. The van der Waals surface area contributed by atoms with E-state index in [-0.39, 0.29) is 19.1 Å². The van der Waals surface area contributed by atoms with Crippen LogP contribution in [0.5, 0.6) is 0 Å². The number of fused-ring (bicyclic) bond motifs is 1. The van der Waals surface area contributed by atoms with E-state index in [1.54, 1.807) is 30.0 Å². The summed E-state index contributed by atoms with van der Waals surface area (Å²) in [5.41, 5.74) is 1.45. The van der Waals surface area contributed by atoms with Gasteiger partial charge >= 0.3 is 5.97 Å². The van der Waals surface area contributed by atoms with Crippen molar-refractivity contribution in [2.75, 3.05) is 6.61 Å². The van der Waals surface area contributed by atoms with E-state index in [4.69, 9.17) is 4.74 Å². The van der Waals surface area contributed by atoms with Gasteiger partial charge in [-0.25, -0.2) is 4.98 Å². The molecular weight excluding hydrogens is 220 g/mol. The molecule has 0 amide bonds. The Balaban J connectivity index is 2.37. The summed E-state index contributed by atoms with van der Waals surface area (Å²) in [7, 11) is 0. The Labute approximate surface area is 98.6 Å². The molecule has 2 aromatic rings. The molecule has 0 unspecified atom stereocenters. The molecule has 5 nitrogen and oxygen atoms in total. The van der Waals surface area contributed by atoms with E-state index in [0.717, 1.165) is 10.9 Å². The summed E-state index contributed by atoms with van der Waals surface area (Å²) in [6.07, 6.45) is 3.39. The van der Waals surface area contributed by atoms with Crippen LogP contribution in [0.2, 0.25) is 0 Å². The highest BCUT2D eigenvalue weighted by Gasteiger charge is 2.11. The first-order valence-corrected chi connectivity index (χ1v) is 5.45. The summed E-state index contributed by atoms with van der Waals surface area (Å²) in [6.45, 7) is 2.17. The Kier molecular flexibility index (Phi) is 3.39. The van der Waals surface area contributed by atoms with Crippen LogP contribution in [-0.4, -0.2) is 27.2 Å². The van der Waals surface area contributed by atoms with Crippen LogP contribution in [0.15, 0.2) is 24.5 Å². The molecule has 0 saturated heterocycles. The van der Waals surface area contributed by atoms with E-state index in [1.807, 2.05) is 6.07 Å². The van der Waals surface area contributed by atoms with Gasteiger partial charge in [0.1, 0.15) is 12.2 Å². The molecule has 1 N–H and O–H groups in total. The first-order valence-electron chi connectivity index (χ1n) is 5.45. The summed E-state index contributed by atoms with van der Waals surface area (Å²) < 4.78 is 6.58. The predicted molar refractivity (Wildman–Crippen MR) is 62.3 cm³/mol. The zero-order valence-electron chi connectivity index (χ0n) is 9.59. The maximum absolute atomic E-state index is 11.4. The maximum atomic E-state index is 11.4. The SMILES string of the molecule is CCOC(=O)Cn1cc(CO)c2cccnc21. The van der Waals surface area contributed by atoms with Gasteiger partial charge in [-0.1, -0.05) is 0 Å². The number of carbonyl (C=O) groups excluding carboxylic acids is 1. The van der Waals surface area contributed by atoms with Gasteiger partial charge in [0.2, 0.25) is 0 Å². The third-order valence-electron chi connectivity index (χ3n) is 2.49. The molecule has 0 radical (unpaired) electrons. The number of esters is 1. The Bertz CT molecular complexity index is 534. The molecular formula is C12H14N2O3. The van der Waals surface area contributed by atoms with E-state index in [1.165, 1.54) is 0 Å². The van der Waals surface area contributed by atoms with Crippen LogP contribution >= 0.6 is 0 Å². The first-order chi connectivity index (χ1) is 8.26. The number of aliphatic hydroxyl groups is 1. The van der Waals surface area contributed by atoms with Crippen molar-refractivity contribution in [3.05, 3.63) is 30.1 Å².